The number of hydrogen-bond donors (Lipinski definition) is 2. The van der Waals surface area contributed by atoms with Gasteiger partial charge in [-0.25, -0.2) is 0 Å². The lowest BCUT2D eigenvalue weighted by Crippen LogP contribution is -2.04. The molecule has 0 radical (unpaired) electrons. The van der Waals surface area contributed by atoms with Gasteiger partial charge in [0.25, 0.3) is 11.4 Å². The maximum atomic E-state index is 10.7. The monoisotopic (exact) mass is 362 g/mol. The van der Waals surface area contributed by atoms with Crippen LogP contribution in [0.15, 0.2) is 36.4 Å². The summed E-state index contributed by atoms with van der Waals surface area (Å²) in [5.74, 6) is 0.911. The molecule has 10 nitrogen and oxygen atoms in total. The lowest BCUT2D eigenvalue weighted by Gasteiger charge is -2.09. The zero-order chi connectivity index (χ0) is 19.1. The number of anilines is 2. The van der Waals surface area contributed by atoms with Gasteiger partial charge in [0.05, 0.1) is 23.1 Å². The highest BCUT2D eigenvalue weighted by atomic mass is 16.6. The number of rotatable bonds is 9. The molecule has 0 spiro atoms. The van der Waals surface area contributed by atoms with Crippen molar-refractivity contribution >= 4 is 22.7 Å². The lowest BCUT2D eigenvalue weighted by atomic mass is 10.2. The highest BCUT2D eigenvalue weighted by Crippen LogP contribution is 2.27. The minimum Gasteiger partial charge on any atom is -0.494 e. The molecule has 0 saturated carbocycles. The van der Waals surface area contributed by atoms with E-state index in [2.05, 4.69) is 0 Å². The lowest BCUT2D eigenvalue weighted by molar-refractivity contribution is -0.384. The number of ether oxygens (including phenoxy) is 2. The molecule has 0 unspecified atom stereocenters. The van der Waals surface area contributed by atoms with Crippen LogP contribution in [-0.2, 0) is 0 Å². The van der Waals surface area contributed by atoms with Crippen molar-refractivity contribution < 1.29 is 19.3 Å². The molecule has 26 heavy (non-hydrogen) atoms. The molecule has 2 aromatic carbocycles. The molecule has 0 amide bonds. The normalized spacial score (nSPS) is 10.3. The van der Waals surface area contributed by atoms with Crippen LogP contribution in [0.3, 0.4) is 0 Å². The fourth-order valence-corrected chi connectivity index (χ4v) is 2.16. The molecule has 0 bridgehead atoms. The molecule has 0 aliphatic rings. The van der Waals surface area contributed by atoms with E-state index >= 15 is 0 Å². The molecule has 2 rings (SSSR count). The van der Waals surface area contributed by atoms with E-state index in [0.717, 1.165) is 0 Å². The smallest absolute Gasteiger partial charge is 0.292 e. The van der Waals surface area contributed by atoms with Crippen molar-refractivity contribution in [1.29, 1.82) is 0 Å². The van der Waals surface area contributed by atoms with Crippen LogP contribution in [-0.4, -0.2) is 23.1 Å². The Morgan fingerprint density at radius 2 is 1.15 bits per heavy atom. The van der Waals surface area contributed by atoms with Crippen LogP contribution in [0.2, 0.25) is 0 Å². The Bertz CT molecular complexity index is 744. The van der Waals surface area contributed by atoms with E-state index in [1.807, 2.05) is 0 Å². The van der Waals surface area contributed by atoms with Crippen LogP contribution in [0.25, 0.3) is 0 Å². The standard InChI is InChI=1S/C16H18N4O6/c17-13-9-11(3-5-15(13)19(21)22)25-7-1-2-8-26-12-4-6-16(20(23)24)14(18)10-12/h3-6,9-10H,1-2,7-8,17-18H2. The first-order valence-electron chi connectivity index (χ1n) is 7.72. The highest BCUT2D eigenvalue weighted by Gasteiger charge is 2.12. The predicted molar refractivity (Wildman–Crippen MR) is 95.2 cm³/mol. The summed E-state index contributed by atoms with van der Waals surface area (Å²) in [7, 11) is 0. The van der Waals surface area contributed by atoms with Gasteiger partial charge in [-0.2, -0.15) is 0 Å². The topological polar surface area (TPSA) is 157 Å². The van der Waals surface area contributed by atoms with Crippen LogP contribution < -0.4 is 20.9 Å². The number of nitrogens with zero attached hydrogens (tertiary/aromatic N) is 2. The maximum Gasteiger partial charge on any atom is 0.292 e. The van der Waals surface area contributed by atoms with E-state index in [1.54, 1.807) is 0 Å². The third-order valence-electron chi connectivity index (χ3n) is 3.47. The van der Waals surface area contributed by atoms with Gasteiger partial charge in [-0.05, 0) is 25.0 Å². The van der Waals surface area contributed by atoms with Crippen LogP contribution in [0.4, 0.5) is 22.7 Å². The first-order valence-corrected chi connectivity index (χ1v) is 7.72. The van der Waals surface area contributed by atoms with Crippen molar-refractivity contribution in [2.24, 2.45) is 0 Å². The second-order valence-electron chi connectivity index (χ2n) is 5.36. The van der Waals surface area contributed by atoms with Crippen LogP contribution >= 0.6 is 0 Å². The fourth-order valence-electron chi connectivity index (χ4n) is 2.16. The van der Waals surface area contributed by atoms with E-state index in [0.29, 0.717) is 37.6 Å². The number of nitrogen functional groups attached to an aromatic ring is 2. The van der Waals surface area contributed by atoms with E-state index in [1.165, 1.54) is 36.4 Å². The second kappa shape index (κ2) is 8.51. The van der Waals surface area contributed by atoms with Crippen molar-refractivity contribution in [2.45, 2.75) is 12.8 Å². The molecule has 0 atom stereocenters. The van der Waals surface area contributed by atoms with Gasteiger partial charge < -0.3 is 20.9 Å². The average Bonchev–Trinajstić information content (AvgIpc) is 2.57. The van der Waals surface area contributed by atoms with Crippen LogP contribution in [0.5, 0.6) is 11.5 Å². The highest BCUT2D eigenvalue weighted by molar-refractivity contribution is 5.61. The third-order valence-corrected chi connectivity index (χ3v) is 3.47. The zero-order valence-electron chi connectivity index (χ0n) is 13.8. The van der Waals surface area contributed by atoms with Gasteiger partial charge in [0.2, 0.25) is 0 Å². The Kier molecular flexibility index (Phi) is 6.15. The minimum absolute atomic E-state index is 0.0478. The molecule has 10 heteroatoms. The first-order chi connectivity index (χ1) is 12.4. The minimum atomic E-state index is -0.554. The van der Waals surface area contributed by atoms with Gasteiger partial charge in [0.1, 0.15) is 22.9 Å². The number of unbranched alkanes of at least 4 members (excludes halogenated alkanes) is 1. The summed E-state index contributed by atoms with van der Waals surface area (Å²) in [5.41, 5.74) is 10.9. The Hall–Kier alpha value is -3.56. The molecule has 0 aromatic heterocycles. The van der Waals surface area contributed by atoms with Gasteiger partial charge in [0, 0.05) is 24.3 Å². The zero-order valence-corrected chi connectivity index (χ0v) is 13.8. The molecular weight excluding hydrogens is 344 g/mol. The number of hydrogen-bond acceptors (Lipinski definition) is 8. The third kappa shape index (κ3) is 4.97. The molecule has 0 aliphatic carbocycles. The second-order valence-corrected chi connectivity index (χ2v) is 5.36. The van der Waals surface area contributed by atoms with Crippen LogP contribution in [0, 0.1) is 20.2 Å². The van der Waals surface area contributed by atoms with E-state index in [-0.39, 0.29) is 22.7 Å². The molecule has 138 valence electrons. The SMILES string of the molecule is Nc1cc(OCCCCOc2ccc([N+](=O)[O-])c(N)c2)ccc1[N+](=O)[O-]. The van der Waals surface area contributed by atoms with Gasteiger partial charge >= 0.3 is 0 Å². The van der Waals surface area contributed by atoms with Crippen molar-refractivity contribution in [3.63, 3.8) is 0 Å². The fraction of sp³-hybridized carbons (Fsp3) is 0.250. The number of nitro groups is 2. The summed E-state index contributed by atoms with van der Waals surface area (Å²) in [6.45, 7) is 0.784. The summed E-state index contributed by atoms with van der Waals surface area (Å²) < 4.78 is 11.0. The molecular formula is C16H18N4O6. The van der Waals surface area contributed by atoms with Crippen molar-refractivity contribution in [1.82, 2.24) is 0 Å². The number of benzene rings is 2. The summed E-state index contributed by atoms with van der Waals surface area (Å²) in [6.07, 6.45) is 1.36. The molecule has 2 aromatic rings. The Labute approximate surface area is 148 Å². The molecule has 0 saturated heterocycles. The quantitative estimate of drug-likeness (QED) is 0.298. The van der Waals surface area contributed by atoms with E-state index in [9.17, 15) is 20.2 Å². The average molecular weight is 362 g/mol. The molecule has 0 fully saturated rings. The molecule has 0 aliphatic heterocycles. The van der Waals surface area contributed by atoms with Gasteiger partial charge in [-0.1, -0.05) is 0 Å². The van der Waals surface area contributed by atoms with Crippen molar-refractivity contribution in [3.05, 3.63) is 56.6 Å². The van der Waals surface area contributed by atoms with Gasteiger partial charge in [0.15, 0.2) is 0 Å². The summed E-state index contributed by atoms with van der Waals surface area (Å²) >= 11 is 0. The van der Waals surface area contributed by atoms with Gasteiger partial charge in [-0.3, -0.25) is 20.2 Å². The Balaban J connectivity index is 1.71. The van der Waals surface area contributed by atoms with Crippen LogP contribution in [0.1, 0.15) is 12.8 Å². The Morgan fingerprint density at radius 1 is 0.769 bits per heavy atom. The van der Waals surface area contributed by atoms with Gasteiger partial charge in [-0.15, -0.1) is 0 Å². The summed E-state index contributed by atoms with van der Waals surface area (Å²) in [6, 6.07) is 8.40. The van der Waals surface area contributed by atoms with Crippen molar-refractivity contribution in [3.8, 4) is 11.5 Å². The maximum absolute atomic E-state index is 10.7. The van der Waals surface area contributed by atoms with E-state index < -0.39 is 9.85 Å². The number of nitro benzene ring substituents is 2. The summed E-state index contributed by atoms with van der Waals surface area (Å²) in [5, 5.41) is 21.4. The predicted octanol–water partition coefficient (Wildman–Crippen LogP) is 2.91. The molecule has 0 heterocycles. The number of nitrogens with two attached hydrogens (primary N) is 2. The summed E-state index contributed by atoms with van der Waals surface area (Å²) in [4.78, 5) is 20.3. The van der Waals surface area contributed by atoms with Crippen molar-refractivity contribution in [2.75, 3.05) is 24.7 Å². The molecule has 4 N–H and O–H groups in total. The Morgan fingerprint density at radius 3 is 1.46 bits per heavy atom. The first kappa shape index (κ1) is 18.8. The largest absolute Gasteiger partial charge is 0.494 e. The van der Waals surface area contributed by atoms with E-state index in [4.69, 9.17) is 20.9 Å².